The van der Waals surface area contributed by atoms with Crippen LogP contribution < -0.4 is 14.8 Å². The summed E-state index contributed by atoms with van der Waals surface area (Å²) in [5, 5.41) is 11.6. The molecule has 2 aromatic carbocycles. The highest BCUT2D eigenvalue weighted by Crippen LogP contribution is 2.39. The molecule has 1 heterocycles. The van der Waals surface area contributed by atoms with Gasteiger partial charge in [-0.2, -0.15) is 0 Å². The van der Waals surface area contributed by atoms with Gasteiger partial charge in [0.1, 0.15) is 4.32 Å². The summed E-state index contributed by atoms with van der Waals surface area (Å²) in [5.41, 5.74) is 1.30. The Morgan fingerprint density at radius 2 is 2.00 bits per heavy atom. The van der Waals surface area contributed by atoms with Crippen molar-refractivity contribution in [1.82, 2.24) is 4.90 Å². The lowest BCUT2D eigenvalue weighted by Crippen LogP contribution is -2.30. The summed E-state index contributed by atoms with van der Waals surface area (Å²) in [6, 6.07) is 12.4. The summed E-state index contributed by atoms with van der Waals surface area (Å²) >= 11 is 9.73. The number of ether oxygens (including phenoxy) is 2. The number of benzene rings is 2. The number of nitrogens with one attached hydrogen (secondary N) is 1. The van der Waals surface area contributed by atoms with Crippen LogP contribution in [0.3, 0.4) is 0 Å². The van der Waals surface area contributed by atoms with Crippen LogP contribution in [-0.2, 0) is 14.4 Å². The van der Waals surface area contributed by atoms with E-state index in [0.717, 1.165) is 11.8 Å². The normalized spacial score (nSPS) is 14.5. The van der Waals surface area contributed by atoms with Crippen molar-refractivity contribution in [3.63, 3.8) is 0 Å². The second-order valence-electron chi connectivity index (χ2n) is 6.71. The summed E-state index contributed by atoms with van der Waals surface area (Å²) in [6.07, 6.45) is 1.45. The molecule has 2 amide bonds. The van der Waals surface area contributed by atoms with Gasteiger partial charge in [-0.3, -0.25) is 19.3 Å². The lowest BCUT2D eigenvalue weighted by Gasteiger charge is -2.14. The van der Waals surface area contributed by atoms with E-state index in [1.54, 1.807) is 30.3 Å². The maximum Gasteiger partial charge on any atom is 0.305 e. The highest BCUT2D eigenvalue weighted by atomic mass is 79.9. The van der Waals surface area contributed by atoms with Crippen molar-refractivity contribution in [2.75, 3.05) is 25.6 Å². The number of methoxy groups -OCH3 is 1. The van der Waals surface area contributed by atoms with Crippen molar-refractivity contribution in [3.05, 3.63) is 57.4 Å². The first-order valence-electron chi connectivity index (χ1n) is 9.61. The van der Waals surface area contributed by atoms with E-state index in [1.807, 2.05) is 18.2 Å². The zero-order valence-electron chi connectivity index (χ0n) is 17.4. The first-order chi connectivity index (χ1) is 15.8. The molecule has 33 heavy (non-hydrogen) atoms. The third-order valence-corrected chi connectivity index (χ3v) is 6.34. The molecule has 0 aliphatic carbocycles. The van der Waals surface area contributed by atoms with Crippen molar-refractivity contribution in [2.45, 2.75) is 6.42 Å². The number of amides is 2. The third kappa shape index (κ3) is 6.56. The fraction of sp³-hybridized carbons (Fsp3) is 0.182. The molecule has 0 spiro atoms. The molecule has 1 fully saturated rings. The Morgan fingerprint density at radius 3 is 2.67 bits per heavy atom. The smallest absolute Gasteiger partial charge is 0.305 e. The third-order valence-electron chi connectivity index (χ3n) is 4.38. The van der Waals surface area contributed by atoms with E-state index < -0.39 is 5.97 Å². The van der Waals surface area contributed by atoms with Gasteiger partial charge in [0.15, 0.2) is 18.1 Å². The molecule has 1 aliphatic rings. The number of thioether (sulfide) groups is 1. The van der Waals surface area contributed by atoms with Gasteiger partial charge in [0, 0.05) is 12.2 Å². The average molecular weight is 551 g/mol. The second-order valence-corrected chi connectivity index (χ2v) is 9.24. The number of rotatable bonds is 9. The molecule has 1 saturated heterocycles. The molecule has 8 nitrogen and oxygen atoms in total. The first-order valence-corrected chi connectivity index (χ1v) is 11.6. The average Bonchev–Trinajstić information content (AvgIpc) is 3.04. The Morgan fingerprint density at radius 1 is 1.27 bits per heavy atom. The number of anilines is 1. The van der Waals surface area contributed by atoms with E-state index in [2.05, 4.69) is 21.2 Å². The van der Waals surface area contributed by atoms with Crippen LogP contribution in [0.5, 0.6) is 11.5 Å². The zero-order chi connectivity index (χ0) is 24.0. The fourth-order valence-corrected chi connectivity index (χ4v) is 4.75. The van der Waals surface area contributed by atoms with Crippen LogP contribution in [-0.4, -0.2) is 52.4 Å². The monoisotopic (exact) mass is 550 g/mol. The van der Waals surface area contributed by atoms with E-state index in [9.17, 15) is 14.4 Å². The van der Waals surface area contributed by atoms with Crippen molar-refractivity contribution in [2.24, 2.45) is 0 Å². The van der Waals surface area contributed by atoms with Crippen molar-refractivity contribution in [1.29, 1.82) is 0 Å². The molecule has 0 atom stereocenters. The van der Waals surface area contributed by atoms with E-state index in [0.29, 0.717) is 36.4 Å². The van der Waals surface area contributed by atoms with Crippen LogP contribution in [0.2, 0.25) is 0 Å². The van der Waals surface area contributed by atoms with E-state index in [1.165, 1.54) is 12.0 Å². The SMILES string of the molecule is COc1cc(/C=C2\SC(=S)N(CCC(=O)O)C2=O)cc(Br)c1OCC(=O)Nc1ccccc1. The van der Waals surface area contributed by atoms with Gasteiger partial charge in [-0.25, -0.2) is 0 Å². The number of thiocarbonyl (C=S) groups is 1. The number of halogens is 1. The maximum atomic E-state index is 12.6. The van der Waals surface area contributed by atoms with E-state index in [-0.39, 0.29) is 31.4 Å². The topological polar surface area (TPSA) is 105 Å². The highest BCUT2D eigenvalue weighted by Gasteiger charge is 2.32. The molecular weight excluding hydrogens is 532 g/mol. The molecule has 1 aliphatic heterocycles. The van der Waals surface area contributed by atoms with Gasteiger partial charge in [-0.05, 0) is 51.8 Å². The molecule has 0 radical (unpaired) electrons. The summed E-state index contributed by atoms with van der Waals surface area (Å²) in [6.45, 7) is -0.215. The number of hydrogen-bond acceptors (Lipinski definition) is 7. The van der Waals surface area contributed by atoms with Gasteiger partial charge < -0.3 is 19.9 Å². The Kier molecular flexibility index (Phi) is 8.48. The van der Waals surface area contributed by atoms with Gasteiger partial charge in [-0.1, -0.05) is 42.2 Å². The summed E-state index contributed by atoms with van der Waals surface area (Å²) < 4.78 is 11.9. The van der Waals surface area contributed by atoms with Crippen LogP contribution in [0, 0.1) is 0 Å². The number of nitrogens with zero attached hydrogens (tertiary/aromatic N) is 1. The predicted octanol–water partition coefficient (Wildman–Crippen LogP) is 4.15. The lowest BCUT2D eigenvalue weighted by atomic mass is 10.2. The molecule has 172 valence electrons. The summed E-state index contributed by atoms with van der Waals surface area (Å²) in [5.74, 6) is -0.977. The van der Waals surface area contributed by atoms with E-state index >= 15 is 0 Å². The molecule has 2 aromatic rings. The largest absolute Gasteiger partial charge is 0.493 e. The van der Waals surface area contributed by atoms with Gasteiger partial charge >= 0.3 is 5.97 Å². The summed E-state index contributed by atoms with van der Waals surface area (Å²) in [4.78, 5) is 37.3. The fourth-order valence-electron chi connectivity index (χ4n) is 2.87. The number of hydrogen-bond donors (Lipinski definition) is 2. The highest BCUT2D eigenvalue weighted by molar-refractivity contribution is 9.10. The molecule has 0 saturated carbocycles. The molecule has 0 unspecified atom stereocenters. The second kappa shape index (κ2) is 11.3. The predicted molar refractivity (Wildman–Crippen MR) is 133 cm³/mol. The number of carboxylic acid groups (broad SMARTS) is 1. The van der Waals surface area contributed by atoms with Gasteiger partial charge in [0.05, 0.1) is 22.9 Å². The minimum absolute atomic E-state index is 0.0161. The molecule has 3 rings (SSSR count). The van der Waals surface area contributed by atoms with Crippen molar-refractivity contribution < 1.29 is 29.0 Å². The summed E-state index contributed by atoms with van der Waals surface area (Å²) in [7, 11) is 1.47. The maximum absolute atomic E-state index is 12.6. The first kappa shape index (κ1) is 24.7. The zero-order valence-corrected chi connectivity index (χ0v) is 20.6. The van der Waals surface area contributed by atoms with Crippen LogP contribution in [0.4, 0.5) is 5.69 Å². The number of carbonyl (C=O) groups is 3. The van der Waals surface area contributed by atoms with E-state index in [4.69, 9.17) is 26.8 Å². The number of carboxylic acids is 1. The molecule has 0 bridgehead atoms. The Bertz CT molecular complexity index is 1120. The Labute approximate surface area is 208 Å². The Balaban J connectivity index is 1.72. The minimum atomic E-state index is -1.00. The number of carbonyl (C=O) groups excluding carboxylic acids is 2. The molecule has 2 N–H and O–H groups in total. The van der Waals surface area contributed by atoms with Gasteiger partial charge in [0.2, 0.25) is 0 Å². The molecule has 0 aromatic heterocycles. The molecular formula is C22H19BrN2O6S2. The van der Waals surface area contributed by atoms with Crippen LogP contribution in [0.25, 0.3) is 6.08 Å². The van der Waals surface area contributed by atoms with Crippen LogP contribution in [0.15, 0.2) is 51.8 Å². The lowest BCUT2D eigenvalue weighted by molar-refractivity contribution is -0.137. The van der Waals surface area contributed by atoms with Crippen molar-refractivity contribution >= 4 is 73.8 Å². The number of aliphatic carboxylic acids is 1. The van der Waals surface area contributed by atoms with Crippen LogP contribution in [0.1, 0.15) is 12.0 Å². The number of para-hydroxylation sites is 1. The Hall–Kier alpha value is -2.89. The van der Waals surface area contributed by atoms with Crippen molar-refractivity contribution in [3.8, 4) is 11.5 Å². The van der Waals surface area contributed by atoms with Gasteiger partial charge in [-0.15, -0.1) is 0 Å². The quantitative estimate of drug-likeness (QED) is 0.354. The molecule has 11 heteroatoms. The minimum Gasteiger partial charge on any atom is -0.493 e. The standard InChI is InChI=1S/C22H19BrN2O6S2/c1-30-16-10-13(11-17-21(29)25(22(32)33-17)8-7-19(27)28)9-15(23)20(16)31-12-18(26)24-14-5-3-2-4-6-14/h2-6,9-11H,7-8,12H2,1H3,(H,24,26)(H,27,28)/b17-11-. The van der Waals surface area contributed by atoms with Gasteiger partial charge in [0.25, 0.3) is 11.8 Å². The van der Waals surface area contributed by atoms with Crippen LogP contribution >= 0.6 is 39.9 Å².